The molecule has 2 amide bonds. The fraction of sp³-hybridized carbons (Fsp3) is 0.562. The highest BCUT2D eigenvalue weighted by Gasteiger charge is 2.40. The van der Waals surface area contributed by atoms with Crippen LogP contribution in [0.3, 0.4) is 0 Å². The van der Waals surface area contributed by atoms with Gasteiger partial charge in [0.25, 0.3) is 5.91 Å². The molecule has 3 heterocycles. The van der Waals surface area contributed by atoms with Gasteiger partial charge in [0.15, 0.2) is 6.23 Å². The quantitative estimate of drug-likeness (QED) is 0.0211. The molecule has 0 bridgehead atoms. The van der Waals surface area contributed by atoms with Crippen LogP contribution in [0.4, 0.5) is 5.82 Å². The normalized spacial score (nSPS) is 20.2. The molecule has 25 nitrogen and oxygen atoms in total. The lowest BCUT2D eigenvalue weighted by molar-refractivity contribution is -0.126. The van der Waals surface area contributed by atoms with E-state index in [9.17, 15) is 33.1 Å². The molecule has 8 N–H and O–H groups in total. The molecule has 60 heavy (non-hydrogen) atoms. The molecule has 330 valence electrons. The molecule has 4 unspecified atom stereocenters. The Kier molecular flexibility index (Phi) is 17.0. The van der Waals surface area contributed by atoms with Crippen LogP contribution in [0, 0.1) is 0 Å². The number of nitrogens with two attached hydrogens (primary N) is 1. The highest BCUT2D eigenvalue weighted by molar-refractivity contribution is 7.68. The molecule has 1 saturated heterocycles. The summed E-state index contributed by atoms with van der Waals surface area (Å²) in [6.45, 7) is 0.609. The maximum absolute atomic E-state index is 12.7. The van der Waals surface area contributed by atoms with E-state index < -0.39 is 54.3 Å². The molecular formula is C32H47N10O15P3. The average Bonchev–Trinajstić information content (AvgIpc) is 3.78. The molecule has 0 spiro atoms. The van der Waals surface area contributed by atoms with Gasteiger partial charge in [-0.1, -0.05) is 17.6 Å². The predicted octanol–water partition coefficient (Wildman–Crippen LogP) is 2.99. The number of phosphoric acid groups is 2. The Balaban J connectivity index is 1.03. The number of carbonyl (C=O) groups excluding carboxylic acids is 2. The summed E-state index contributed by atoms with van der Waals surface area (Å²) in [6.07, 6.45) is 4.60. The first-order valence-corrected chi connectivity index (χ1v) is 23.6. The number of carbonyl (C=O) groups is 2. The number of rotatable bonds is 25. The number of phosphoric ester groups is 1. The zero-order chi connectivity index (χ0) is 43.3. The van der Waals surface area contributed by atoms with Crippen molar-refractivity contribution in [2.24, 2.45) is 5.11 Å². The third-order valence-corrected chi connectivity index (χ3v) is 13.0. The second-order valence-electron chi connectivity index (χ2n) is 13.5. The van der Waals surface area contributed by atoms with E-state index in [1.165, 1.54) is 12.7 Å². The summed E-state index contributed by atoms with van der Waals surface area (Å²) < 4.78 is 72.4. The van der Waals surface area contributed by atoms with Gasteiger partial charge < -0.3 is 59.9 Å². The Labute approximate surface area is 343 Å². The maximum atomic E-state index is 12.7. The SMILES string of the molecule is CP(=O)(O)OP(=O)(O)OP(=O)(O)OC[C@@H]1CC[C@H](n2cc(CNC(=O)COCCOC(COc3cccc(C(=O)NCCNC4CCC4)c3)N=[N+]=[N-])c3c(N)ncnc32)O1. The minimum Gasteiger partial charge on any atom is -0.491 e. The number of ether oxygens (including phenoxy) is 4. The number of aromatic nitrogens is 3. The first kappa shape index (κ1) is 47.0. The number of nitrogens with zero attached hydrogens (tertiary/aromatic N) is 6. The first-order valence-electron chi connectivity index (χ1n) is 18.5. The third kappa shape index (κ3) is 14.9. The molecule has 28 heteroatoms. The lowest BCUT2D eigenvalue weighted by Gasteiger charge is -2.26. The summed E-state index contributed by atoms with van der Waals surface area (Å²) in [5.41, 5.74) is 16.5. The number of hydrogen-bond acceptors (Lipinski definition) is 17. The highest BCUT2D eigenvalue weighted by Crippen LogP contribution is 2.66. The minimum absolute atomic E-state index is 0.0112. The summed E-state index contributed by atoms with van der Waals surface area (Å²) in [7, 11) is -15.2. The van der Waals surface area contributed by atoms with Crippen LogP contribution in [0.5, 0.6) is 5.75 Å². The molecule has 6 atom stereocenters. The van der Waals surface area contributed by atoms with Crippen molar-refractivity contribution in [3.8, 4) is 5.75 Å². The predicted molar refractivity (Wildman–Crippen MR) is 210 cm³/mol. The maximum Gasteiger partial charge on any atom is 0.488 e. The van der Waals surface area contributed by atoms with Gasteiger partial charge in [-0.3, -0.25) is 18.7 Å². The Morgan fingerprint density at radius 1 is 1.08 bits per heavy atom. The van der Waals surface area contributed by atoms with Crippen molar-refractivity contribution >= 4 is 51.9 Å². The Morgan fingerprint density at radius 3 is 2.62 bits per heavy atom. The molecule has 3 aromatic rings. The van der Waals surface area contributed by atoms with Gasteiger partial charge in [0.2, 0.25) is 5.91 Å². The molecule has 2 fully saturated rings. The number of benzene rings is 1. The Morgan fingerprint density at radius 2 is 1.88 bits per heavy atom. The van der Waals surface area contributed by atoms with Crippen molar-refractivity contribution in [1.29, 1.82) is 0 Å². The number of azide groups is 1. The van der Waals surface area contributed by atoms with E-state index in [0.29, 0.717) is 66.5 Å². The van der Waals surface area contributed by atoms with E-state index in [-0.39, 0.29) is 44.7 Å². The van der Waals surface area contributed by atoms with E-state index in [0.717, 1.165) is 12.8 Å². The van der Waals surface area contributed by atoms with Crippen LogP contribution < -0.4 is 26.4 Å². The second kappa shape index (κ2) is 21.7. The average molecular weight is 905 g/mol. The molecule has 2 aliphatic rings. The van der Waals surface area contributed by atoms with Gasteiger partial charge >= 0.3 is 23.2 Å². The van der Waals surface area contributed by atoms with Gasteiger partial charge in [-0.25, -0.2) is 23.4 Å². The second-order valence-corrected chi connectivity index (χ2v) is 18.6. The molecule has 0 radical (unpaired) electrons. The smallest absolute Gasteiger partial charge is 0.488 e. The number of amides is 2. The van der Waals surface area contributed by atoms with Crippen molar-refractivity contribution in [1.82, 2.24) is 30.5 Å². The van der Waals surface area contributed by atoms with E-state index in [1.54, 1.807) is 35.0 Å². The monoisotopic (exact) mass is 904 g/mol. The topological polar surface area (TPSA) is 352 Å². The molecule has 2 aromatic heterocycles. The van der Waals surface area contributed by atoms with E-state index in [2.05, 4.69) is 44.6 Å². The fourth-order valence-corrected chi connectivity index (χ4v) is 9.48. The zero-order valence-corrected chi connectivity index (χ0v) is 35.0. The van der Waals surface area contributed by atoms with Crippen LogP contribution in [0.15, 0.2) is 41.9 Å². The van der Waals surface area contributed by atoms with Crippen molar-refractivity contribution < 1.29 is 70.1 Å². The number of fused-ring (bicyclic) bond motifs is 1. The largest absolute Gasteiger partial charge is 0.491 e. The molecule has 1 aromatic carbocycles. The van der Waals surface area contributed by atoms with Crippen LogP contribution in [0.25, 0.3) is 21.5 Å². The van der Waals surface area contributed by atoms with Gasteiger partial charge in [0, 0.05) is 54.6 Å². The van der Waals surface area contributed by atoms with Crippen LogP contribution in [-0.2, 0) is 52.4 Å². The summed E-state index contributed by atoms with van der Waals surface area (Å²) >= 11 is 0. The first-order chi connectivity index (χ1) is 28.5. The lowest BCUT2D eigenvalue weighted by Crippen LogP contribution is -2.40. The lowest BCUT2D eigenvalue weighted by atomic mass is 9.93. The van der Waals surface area contributed by atoms with E-state index in [1.807, 2.05) is 0 Å². The van der Waals surface area contributed by atoms with Crippen molar-refractivity contribution in [3.63, 3.8) is 0 Å². The van der Waals surface area contributed by atoms with Gasteiger partial charge in [-0.05, 0) is 49.4 Å². The number of anilines is 1. The van der Waals surface area contributed by atoms with E-state index in [4.69, 9.17) is 39.6 Å². The number of nitrogen functional groups attached to an aromatic ring is 1. The fourth-order valence-electron chi connectivity index (χ4n) is 5.98. The van der Waals surface area contributed by atoms with Gasteiger partial charge in [0.1, 0.15) is 43.0 Å². The van der Waals surface area contributed by atoms with Crippen molar-refractivity contribution in [2.45, 2.75) is 63.3 Å². The van der Waals surface area contributed by atoms with Gasteiger partial charge in [0.05, 0.1) is 31.3 Å². The zero-order valence-electron chi connectivity index (χ0n) is 32.3. The summed E-state index contributed by atoms with van der Waals surface area (Å²) in [5, 5.41) is 13.0. The van der Waals surface area contributed by atoms with Crippen molar-refractivity contribution in [2.75, 3.05) is 58.5 Å². The summed E-state index contributed by atoms with van der Waals surface area (Å²) in [4.78, 5) is 64.9. The molecule has 1 saturated carbocycles. The molecule has 1 aliphatic carbocycles. The molecule has 1 aliphatic heterocycles. The Bertz CT molecular complexity index is 2150. The van der Waals surface area contributed by atoms with Gasteiger partial charge in [-0.2, -0.15) is 4.31 Å². The number of nitrogens with one attached hydrogen (secondary N) is 3. The summed E-state index contributed by atoms with van der Waals surface area (Å²) in [5.74, 6) is -0.226. The summed E-state index contributed by atoms with van der Waals surface area (Å²) in [6, 6.07) is 7.09. The molecular weight excluding hydrogens is 857 g/mol. The van der Waals surface area contributed by atoms with Crippen LogP contribution >= 0.6 is 23.2 Å². The minimum atomic E-state index is -5.43. The van der Waals surface area contributed by atoms with Crippen LogP contribution in [0.1, 0.15) is 54.3 Å². The number of hydrogen-bond donors (Lipinski definition) is 7. The van der Waals surface area contributed by atoms with Crippen LogP contribution in [-0.4, -0.2) is 112 Å². The molecule has 5 rings (SSSR count). The highest BCUT2D eigenvalue weighted by atomic mass is 31.3. The Hall–Kier alpha value is -4.02. The van der Waals surface area contributed by atoms with Gasteiger partial charge in [-0.15, -0.1) is 0 Å². The van der Waals surface area contributed by atoms with Crippen LogP contribution in [0.2, 0.25) is 0 Å². The van der Waals surface area contributed by atoms with Crippen molar-refractivity contribution in [3.05, 3.63) is 58.4 Å². The van der Waals surface area contributed by atoms with E-state index >= 15 is 0 Å². The third-order valence-electron chi connectivity index (χ3n) is 8.86. The standard InChI is InChI=1S/C32H47N10O15P3/c1-58(45,46)56-60(49,50)57-59(47,48)54-17-25-8-9-28(55-25)42-16-22(29-30(33)38-20-39-31(29)42)15-37-26(43)18-51-12-13-52-27(40-41-34)19-53-24-7-2-4-21(14-24)32(44)36-11-10-35-23-5-3-6-23/h2,4,7,14,16,20,23,25,27-28,35H,3,5-6,8-13,15,17-19H2,1H3,(H,36,44)(H,37,43)(H,45,46)(H,47,48)(H,49,50)(H2,33,38,39)/t25-,27?,28+/m0/s1.